The molecule has 0 saturated heterocycles. The van der Waals surface area contributed by atoms with Crippen LogP contribution >= 0.6 is 0 Å². The second-order valence-corrected chi connectivity index (χ2v) is 10.9. The quantitative estimate of drug-likeness (QED) is 0.471. The van der Waals surface area contributed by atoms with Crippen LogP contribution in [0.25, 0.3) is 0 Å². The molecule has 13 heteroatoms. The molecule has 2 N–H and O–H groups in total. The smallest absolute Gasteiger partial charge is 0.355 e. The number of aromatic nitrogens is 2. The van der Waals surface area contributed by atoms with Crippen LogP contribution in [0, 0.1) is 6.92 Å². The van der Waals surface area contributed by atoms with Crippen LogP contribution in [0.4, 0.5) is 42.0 Å². The van der Waals surface area contributed by atoms with E-state index in [9.17, 15) is 26.4 Å². The predicted molar refractivity (Wildman–Crippen MR) is 136 cm³/mol. The standard InChI is InChI=1S/C24H25F3N6O3S/c1-14-5-7-18(33(3)37(4,35)36)10-16(14)13-32(2)22-19(24(25,26)27)12-28-23(31-22)29-17-6-8-20-15(9-17)11-21(34)30-20/h5-10,12H,11,13H2,1-4H3,(H,30,34)(H,28,29,31). The minimum absolute atomic E-state index is 0.0312. The molecule has 1 aliphatic heterocycles. The van der Waals surface area contributed by atoms with E-state index in [-0.39, 0.29) is 30.6 Å². The highest BCUT2D eigenvalue weighted by Crippen LogP contribution is 2.36. The lowest BCUT2D eigenvalue weighted by molar-refractivity contribution is -0.137. The molecule has 0 radical (unpaired) electrons. The number of fused-ring (bicyclic) bond motifs is 1. The van der Waals surface area contributed by atoms with Crippen LogP contribution < -0.4 is 19.8 Å². The summed E-state index contributed by atoms with van der Waals surface area (Å²) in [5.41, 5.74) is 2.76. The summed E-state index contributed by atoms with van der Waals surface area (Å²) < 4.78 is 66.5. The molecule has 2 heterocycles. The van der Waals surface area contributed by atoms with Gasteiger partial charge in [-0.3, -0.25) is 9.10 Å². The van der Waals surface area contributed by atoms with Crippen LogP contribution in [0.1, 0.15) is 22.3 Å². The van der Waals surface area contributed by atoms with Gasteiger partial charge in [-0.1, -0.05) is 6.07 Å². The van der Waals surface area contributed by atoms with E-state index in [1.807, 2.05) is 0 Å². The topological polar surface area (TPSA) is 108 Å². The molecule has 1 amide bonds. The Labute approximate surface area is 212 Å². The Kier molecular flexibility index (Phi) is 6.76. The molecule has 0 unspecified atom stereocenters. The van der Waals surface area contributed by atoms with Gasteiger partial charge >= 0.3 is 6.18 Å². The highest BCUT2D eigenvalue weighted by Gasteiger charge is 2.36. The largest absolute Gasteiger partial charge is 0.421 e. The molecule has 3 aromatic rings. The Bertz CT molecular complexity index is 1480. The van der Waals surface area contributed by atoms with Gasteiger partial charge < -0.3 is 15.5 Å². The Morgan fingerprint density at radius 1 is 1.14 bits per heavy atom. The number of hydrogen-bond acceptors (Lipinski definition) is 7. The van der Waals surface area contributed by atoms with Crippen LogP contribution in [0.15, 0.2) is 42.6 Å². The summed E-state index contributed by atoms with van der Waals surface area (Å²) in [6, 6.07) is 10.1. The van der Waals surface area contributed by atoms with Gasteiger partial charge in [0.2, 0.25) is 21.9 Å². The van der Waals surface area contributed by atoms with Crippen LogP contribution in [0.2, 0.25) is 0 Å². The van der Waals surface area contributed by atoms with Crippen molar-refractivity contribution in [3.8, 4) is 0 Å². The normalized spacial score (nSPS) is 13.2. The zero-order valence-corrected chi connectivity index (χ0v) is 21.3. The number of carbonyl (C=O) groups is 1. The van der Waals surface area contributed by atoms with Crippen molar-refractivity contribution in [1.29, 1.82) is 0 Å². The lowest BCUT2D eigenvalue weighted by Gasteiger charge is -2.25. The number of anilines is 5. The predicted octanol–water partition coefficient (Wildman–Crippen LogP) is 4.07. The first-order valence-corrected chi connectivity index (χ1v) is 13.0. The lowest BCUT2D eigenvalue weighted by Crippen LogP contribution is -2.26. The van der Waals surface area contributed by atoms with Crippen molar-refractivity contribution in [3.63, 3.8) is 0 Å². The molecule has 1 aromatic heterocycles. The van der Waals surface area contributed by atoms with Crippen molar-refractivity contribution in [2.24, 2.45) is 0 Å². The maximum absolute atomic E-state index is 13.8. The van der Waals surface area contributed by atoms with Gasteiger partial charge in [0.25, 0.3) is 0 Å². The second kappa shape index (κ2) is 9.54. The zero-order chi connectivity index (χ0) is 27.1. The molecule has 0 saturated carbocycles. The highest BCUT2D eigenvalue weighted by molar-refractivity contribution is 7.92. The number of carbonyl (C=O) groups excluding carboxylic acids is 1. The summed E-state index contributed by atoms with van der Waals surface area (Å²) in [6.07, 6.45) is -2.70. The number of hydrogen-bond donors (Lipinski definition) is 2. The number of alkyl halides is 3. The third-order valence-corrected chi connectivity index (χ3v) is 7.23. The summed E-state index contributed by atoms with van der Waals surface area (Å²) in [4.78, 5) is 21.0. The molecule has 37 heavy (non-hydrogen) atoms. The van der Waals surface area contributed by atoms with E-state index < -0.39 is 21.8 Å². The summed E-state index contributed by atoms with van der Waals surface area (Å²) in [5, 5.41) is 5.63. The zero-order valence-electron chi connectivity index (χ0n) is 20.5. The average Bonchev–Trinajstić information content (AvgIpc) is 3.18. The third kappa shape index (κ3) is 5.77. The molecule has 0 aliphatic carbocycles. The van der Waals surface area contributed by atoms with E-state index in [0.29, 0.717) is 22.6 Å². The van der Waals surface area contributed by atoms with Crippen molar-refractivity contribution in [3.05, 3.63) is 64.8 Å². The molecular weight excluding hydrogens is 509 g/mol. The Balaban J connectivity index is 1.65. The van der Waals surface area contributed by atoms with E-state index in [0.717, 1.165) is 27.9 Å². The van der Waals surface area contributed by atoms with Gasteiger partial charge in [-0.2, -0.15) is 18.2 Å². The fourth-order valence-electron chi connectivity index (χ4n) is 3.91. The van der Waals surface area contributed by atoms with Gasteiger partial charge in [0.1, 0.15) is 11.4 Å². The van der Waals surface area contributed by atoms with E-state index >= 15 is 0 Å². The summed E-state index contributed by atoms with van der Waals surface area (Å²) in [5.74, 6) is -0.525. The number of nitrogens with zero attached hydrogens (tertiary/aromatic N) is 4. The van der Waals surface area contributed by atoms with Crippen molar-refractivity contribution in [2.75, 3.05) is 40.2 Å². The Morgan fingerprint density at radius 2 is 1.86 bits per heavy atom. The maximum Gasteiger partial charge on any atom is 0.421 e. The SMILES string of the molecule is Cc1ccc(N(C)S(C)(=O)=O)cc1CN(C)c1nc(Nc2ccc3c(c2)CC(=O)N3)ncc1C(F)(F)F. The second-order valence-electron chi connectivity index (χ2n) is 8.85. The fraction of sp³-hybridized carbons (Fsp3) is 0.292. The number of halogens is 3. The molecule has 0 fully saturated rings. The van der Waals surface area contributed by atoms with E-state index in [1.54, 1.807) is 43.3 Å². The first-order chi connectivity index (χ1) is 17.2. The number of benzene rings is 2. The van der Waals surface area contributed by atoms with Gasteiger partial charge in [0, 0.05) is 38.2 Å². The monoisotopic (exact) mass is 534 g/mol. The summed E-state index contributed by atoms with van der Waals surface area (Å²) in [7, 11) is -0.637. The minimum Gasteiger partial charge on any atom is -0.355 e. The summed E-state index contributed by atoms with van der Waals surface area (Å²) >= 11 is 0. The van der Waals surface area contributed by atoms with Crippen molar-refractivity contribution >= 4 is 44.8 Å². The molecule has 196 valence electrons. The van der Waals surface area contributed by atoms with Crippen LogP contribution in [-0.2, 0) is 34.0 Å². The molecule has 2 aromatic carbocycles. The highest BCUT2D eigenvalue weighted by atomic mass is 32.2. The van der Waals surface area contributed by atoms with E-state index in [4.69, 9.17) is 0 Å². The van der Waals surface area contributed by atoms with Gasteiger partial charge in [-0.15, -0.1) is 0 Å². The van der Waals surface area contributed by atoms with Crippen LogP contribution in [-0.4, -0.2) is 44.6 Å². The molecule has 1 aliphatic rings. The number of amides is 1. The van der Waals surface area contributed by atoms with E-state index in [1.165, 1.54) is 19.0 Å². The number of sulfonamides is 1. The van der Waals surface area contributed by atoms with Crippen molar-refractivity contribution < 1.29 is 26.4 Å². The number of nitrogens with one attached hydrogen (secondary N) is 2. The minimum atomic E-state index is -4.70. The maximum atomic E-state index is 13.8. The first kappa shape index (κ1) is 26.2. The average molecular weight is 535 g/mol. The Hall–Kier alpha value is -3.87. The van der Waals surface area contributed by atoms with Gasteiger partial charge in [-0.25, -0.2) is 13.4 Å². The summed E-state index contributed by atoms with van der Waals surface area (Å²) in [6.45, 7) is 1.82. The van der Waals surface area contributed by atoms with Gasteiger partial charge in [0.05, 0.1) is 18.4 Å². The van der Waals surface area contributed by atoms with Crippen molar-refractivity contribution in [1.82, 2.24) is 9.97 Å². The van der Waals surface area contributed by atoms with Crippen molar-refractivity contribution in [2.45, 2.75) is 26.1 Å². The molecule has 4 rings (SSSR count). The molecule has 9 nitrogen and oxygen atoms in total. The number of rotatable bonds is 7. The van der Waals surface area contributed by atoms with Gasteiger partial charge in [-0.05, 0) is 53.9 Å². The Morgan fingerprint density at radius 3 is 2.54 bits per heavy atom. The fourth-order valence-corrected chi connectivity index (χ4v) is 4.40. The first-order valence-electron chi connectivity index (χ1n) is 11.1. The molecular formula is C24H25F3N6O3S. The third-order valence-electron chi connectivity index (χ3n) is 6.02. The lowest BCUT2D eigenvalue weighted by atomic mass is 10.1. The van der Waals surface area contributed by atoms with Crippen LogP contribution in [0.5, 0.6) is 0 Å². The molecule has 0 bridgehead atoms. The van der Waals surface area contributed by atoms with Crippen LogP contribution in [0.3, 0.4) is 0 Å². The van der Waals surface area contributed by atoms with E-state index in [2.05, 4.69) is 20.6 Å². The molecule has 0 spiro atoms. The van der Waals surface area contributed by atoms with Gasteiger partial charge in [0.15, 0.2) is 0 Å². The number of aryl methyl sites for hydroxylation is 1. The molecule has 0 atom stereocenters.